The lowest BCUT2D eigenvalue weighted by atomic mass is 9.90. The number of esters is 1. The molecule has 104 valence electrons. The average Bonchev–Trinajstić information content (AvgIpc) is 2.41. The van der Waals surface area contributed by atoms with E-state index in [0.29, 0.717) is 23.8 Å². The molecule has 1 aliphatic carbocycles. The molecule has 2 rings (SSSR count). The molecule has 2 N–H and O–H groups in total. The van der Waals surface area contributed by atoms with E-state index in [0.717, 1.165) is 11.1 Å². The van der Waals surface area contributed by atoms with Gasteiger partial charge in [0.1, 0.15) is 0 Å². The van der Waals surface area contributed by atoms with E-state index in [1.165, 1.54) is 32.1 Å². The van der Waals surface area contributed by atoms with Gasteiger partial charge in [0.2, 0.25) is 0 Å². The van der Waals surface area contributed by atoms with Crippen LogP contribution in [-0.4, -0.2) is 12.6 Å². The van der Waals surface area contributed by atoms with Crippen LogP contribution in [0.2, 0.25) is 0 Å². The number of aryl methyl sites for hydroxylation is 2. The molecule has 0 atom stereocenters. The van der Waals surface area contributed by atoms with E-state index < -0.39 is 0 Å². The molecule has 1 fully saturated rings. The molecule has 1 aliphatic rings. The van der Waals surface area contributed by atoms with Gasteiger partial charge in [-0.25, -0.2) is 4.79 Å². The van der Waals surface area contributed by atoms with Crippen molar-refractivity contribution in [2.45, 2.75) is 46.0 Å². The molecule has 0 bridgehead atoms. The fourth-order valence-corrected chi connectivity index (χ4v) is 2.71. The van der Waals surface area contributed by atoms with E-state index in [1.54, 1.807) is 6.07 Å². The fourth-order valence-electron chi connectivity index (χ4n) is 2.71. The van der Waals surface area contributed by atoms with Gasteiger partial charge in [0.25, 0.3) is 0 Å². The number of nitrogens with two attached hydrogens (primary N) is 1. The first kappa shape index (κ1) is 13.9. The zero-order valence-corrected chi connectivity index (χ0v) is 11.9. The van der Waals surface area contributed by atoms with Crippen LogP contribution >= 0.6 is 0 Å². The summed E-state index contributed by atoms with van der Waals surface area (Å²) in [5.74, 6) is 0.301. The summed E-state index contributed by atoms with van der Waals surface area (Å²) in [6.45, 7) is 4.41. The first-order valence-corrected chi connectivity index (χ1v) is 7.12. The van der Waals surface area contributed by atoms with E-state index in [2.05, 4.69) is 0 Å². The smallest absolute Gasteiger partial charge is 0.338 e. The predicted octanol–water partition coefficient (Wildman–Crippen LogP) is 3.62. The topological polar surface area (TPSA) is 52.3 Å². The van der Waals surface area contributed by atoms with Crippen LogP contribution in [0.25, 0.3) is 0 Å². The van der Waals surface area contributed by atoms with E-state index in [-0.39, 0.29) is 5.97 Å². The van der Waals surface area contributed by atoms with Crippen LogP contribution in [0, 0.1) is 19.8 Å². The Bertz CT molecular complexity index is 462. The zero-order valence-electron chi connectivity index (χ0n) is 11.9. The van der Waals surface area contributed by atoms with Gasteiger partial charge in [-0.2, -0.15) is 0 Å². The molecular formula is C16H23NO2. The number of carbonyl (C=O) groups excluding carboxylic acids is 1. The molecule has 0 unspecified atom stereocenters. The highest BCUT2D eigenvalue weighted by Crippen LogP contribution is 2.24. The van der Waals surface area contributed by atoms with Crippen LogP contribution in [0.1, 0.15) is 53.6 Å². The Morgan fingerprint density at radius 2 is 1.89 bits per heavy atom. The molecule has 1 aromatic carbocycles. The Labute approximate surface area is 115 Å². The molecule has 0 heterocycles. The molecule has 3 heteroatoms. The SMILES string of the molecule is Cc1cc(C)c(C(=O)OCC2CCCCC2)cc1N. The van der Waals surface area contributed by atoms with Gasteiger partial charge in [-0.05, 0) is 49.8 Å². The van der Waals surface area contributed by atoms with Gasteiger partial charge < -0.3 is 10.5 Å². The molecular weight excluding hydrogens is 238 g/mol. The van der Waals surface area contributed by atoms with Crippen molar-refractivity contribution in [3.63, 3.8) is 0 Å². The highest BCUT2D eigenvalue weighted by atomic mass is 16.5. The normalized spacial score (nSPS) is 16.3. The van der Waals surface area contributed by atoms with Gasteiger partial charge in [-0.3, -0.25) is 0 Å². The summed E-state index contributed by atoms with van der Waals surface area (Å²) in [4.78, 5) is 12.1. The van der Waals surface area contributed by atoms with Crippen LogP contribution in [0.15, 0.2) is 12.1 Å². The summed E-state index contributed by atoms with van der Waals surface area (Å²) in [7, 11) is 0. The molecule has 19 heavy (non-hydrogen) atoms. The standard InChI is InChI=1S/C16H23NO2/c1-11-8-12(2)15(17)9-14(11)16(18)19-10-13-6-4-3-5-7-13/h8-9,13H,3-7,10,17H2,1-2H3. The number of carbonyl (C=O) groups is 1. The van der Waals surface area contributed by atoms with Crippen molar-refractivity contribution in [1.82, 2.24) is 0 Å². The van der Waals surface area contributed by atoms with Gasteiger partial charge in [0.05, 0.1) is 12.2 Å². The molecule has 0 spiro atoms. The maximum atomic E-state index is 12.1. The predicted molar refractivity (Wildman–Crippen MR) is 77.2 cm³/mol. The highest BCUT2D eigenvalue weighted by Gasteiger charge is 2.17. The average molecular weight is 261 g/mol. The van der Waals surface area contributed by atoms with E-state index in [1.807, 2.05) is 19.9 Å². The summed E-state index contributed by atoms with van der Waals surface area (Å²) < 4.78 is 5.45. The third-order valence-electron chi connectivity index (χ3n) is 4.01. The van der Waals surface area contributed by atoms with Crippen molar-refractivity contribution in [3.8, 4) is 0 Å². The first-order chi connectivity index (χ1) is 9.08. The molecule has 0 aromatic heterocycles. The van der Waals surface area contributed by atoms with Gasteiger partial charge in [0, 0.05) is 5.69 Å². The third-order valence-corrected chi connectivity index (χ3v) is 4.01. The second-order valence-corrected chi connectivity index (χ2v) is 5.63. The second-order valence-electron chi connectivity index (χ2n) is 5.63. The van der Waals surface area contributed by atoms with E-state index in [4.69, 9.17) is 10.5 Å². The van der Waals surface area contributed by atoms with Crippen LogP contribution in [0.4, 0.5) is 5.69 Å². The molecule has 1 saturated carbocycles. The van der Waals surface area contributed by atoms with Gasteiger partial charge in [0.15, 0.2) is 0 Å². The lowest BCUT2D eigenvalue weighted by Gasteiger charge is -2.21. The minimum absolute atomic E-state index is 0.241. The fraction of sp³-hybridized carbons (Fsp3) is 0.562. The largest absolute Gasteiger partial charge is 0.462 e. The summed E-state index contributed by atoms with van der Waals surface area (Å²) in [5.41, 5.74) is 9.04. The zero-order chi connectivity index (χ0) is 13.8. The minimum Gasteiger partial charge on any atom is -0.462 e. The summed E-state index contributed by atoms with van der Waals surface area (Å²) in [5, 5.41) is 0. The summed E-state index contributed by atoms with van der Waals surface area (Å²) in [6.07, 6.45) is 6.21. The van der Waals surface area contributed by atoms with E-state index >= 15 is 0 Å². The summed E-state index contributed by atoms with van der Waals surface area (Å²) in [6, 6.07) is 3.67. The maximum Gasteiger partial charge on any atom is 0.338 e. The Balaban J connectivity index is 1.97. The Hall–Kier alpha value is -1.51. The lowest BCUT2D eigenvalue weighted by molar-refractivity contribution is 0.0409. The summed E-state index contributed by atoms with van der Waals surface area (Å²) >= 11 is 0. The molecule has 0 radical (unpaired) electrons. The van der Waals surface area contributed by atoms with Crippen LogP contribution in [0.5, 0.6) is 0 Å². The van der Waals surface area contributed by atoms with Crippen LogP contribution < -0.4 is 5.73 Å². The number of rotatable bonds is 3. The lowest BCUT2D eigenvalue weighted by Crippen LogP contribution is -2.17. The minimum atomic E-state index is -0.241. The third kappa shape index (κ3) is 3.49. The quantitative estimate of drug-likeness (QED) is 0.668. The van der Waals surface area contributed by atoms with Gasteiger partial charge in [-0.15, -0.1) is 0 Å². The highest BCUT2D eigenvalue weighted by molar-refractivity contribution is 5.92. The number of ether oxygens (including phenoxy) is 1. The van der Waals surface area contributed by atoms with Crippen LogP contribution in [-0.2, 0) is 4.74 Å². The first-order valence-electron chi connectivity index (χ1n) is 7.12. The molecule has 3 nitrogen and oxygen atoms in total. The number of hydrogen-bond acceptors (Lipinski definition) is 3. The van der Waals surface area contributed by atoms with Crippen molar-refractivity contribution < 1.29 is 9.53 Å². The van der Waals surface area contributed by atoms with Gasteiger partial charge >= 0.3 is 5.97 Å². The molecule has 0 saturated heterocycles. The second kappa shape index (κ2) is 6.09. The number of benzene rings is 1. The van der Waals surface area contributed by atoms with Crippen molar-refractivity contribution >= 4 is 11.7 Å². The van der Waals surface area contributed by atoms with Crippen molar-refractivity contribution in [2.75, 3.05) is 12.3 Å². The molecule has 0 amide bonds. The number of hydrogen-bond donors (Lipinski definition) is 1. The van der Waals surface area contributed by atoms with Crippen molar-refractivity contribution in [2.24, 2.45) is 5.92 Å². The maximum absolute atomic E-state index is 12.1. The Kier molecular flexibility index (Phi) is 4.46. The molecule has 1 aromatic rings. The Morgan fingerprint density at radius 1 is 1.21 bits per heavy atom. The van der Waals surface area contributed by atoms with Crippen molar-refractivity contribution in [1.29, 1.82) is 0 Å². The van der Waals surface area contributed by atoms with Gasteiger partial charge in [-0.1, -0.05) is 25.3 Å². The molecule has 0 aliphatic heterocycles. The Morgan fingerprint density at radius 3 is 2.58 bits per heavy atom. The number of nitrogen functional groups attached to an aromatic ring is 1. The van der Waals surface area contributed by atoms with Crippen LogP contribution in [0.3, 0.4) is 0 Å². The number of anilines is 1. The van der Waals surface area contributed by atoms with E-state index in [9.17, 15) is 4.79 Å². The van der Waals surface area contributed by atoms with Crippen molar-refractivity contribution in [3.05, 3.63) is 28.8 Å². The monoisotopic (exact) mass is 261 g/mol.